The van der Waals surface area contributed by atoms with Gasteiger partial charge < -0.3 is 34.9 Å². The fraction of sp³-hybridized carbons (Fsp3) is 0.231. The van der Waals surface area contributed by atoms with Gasteiger partial charge in [-0.05, 0) is 0 Å². The molecule has 0 radical (unpaired) electrons. The molecule has 0 amide bonds. The molecule has 0 spiro atoms. The van der Waals surface area contributed by atoms with Gasteiger partial charge in [-0.1, -0.05) is 6.42 Å². The molecule has 0 fully saturated rings. The minimum absolute atomic E-state index is 0. The van der Waals surface area contributed by atoms with E-state index in [-0.39, 0.29) is 23.2 Å². The third-order valence-electron chi connectivity index (χ3n) is 2.51. The first kappa shape index (κ1) is 12.3. The summed E-state index contributed by atoms with van der Waals surface area (Å²) < 4.78 is 0. The van der Waals surface area contributed by atoms with Crippen molar-refractivity contribution >= 4 is 0 Å². The molecule has 2 aromatic carbocycles. The Labute approximate surface area is 101 Å². The summed E-state index contributed by atoms with van der Waals surface area (Å²) in [5.74, 6) is 0. The third kappa shape index (κ3) is 3.35. The van der Waals surface area contributed by atoms with Crippen LogP contribution in [0.1, 0.15) is 23.7 Å². The Morgan fingerprint density at radius 3 is 2.33 bits per heavy atom. The predicted octanol–water partition coefficient (Wildman–Crippen LogP) is 2.79. The second-order valence-electron chi connectivity index (χ2n) is 3.57. The molecule has 0 bridgehead atoms. The molecular formula is C13H14FeO-6. The monoisotopic (exact) mass is 242 g/mol. The smallest absolute Gasteiger partial charge is 0.0327 e. The molecule has 0 aromatic heterocycles. The van der Waals surface area contributed by atoms with Crippen molar-refractivity contribution in [3.05, 3.63) is 59.7 Å². The van der Waals surface area contributed by atoms with Crippen LogP contribution >= 0.6 is 0 Å². The van der Waals surface area contributed by atoms with Gasteiger partial charge in [-0.2, -0.15) is 12.1 Å². The van der Waals surface area contributed by atoms with Gasteiger partial charge in [0.25, 0.3) is 0 Å². The van der Waals surface area contributed by atoms with Crippen LogP contribution in [0.15, 0.2) is 48.5 Å². The second kappa shape index (κ2) is 5.92. The number of hydrogen-bond donors (Lipinski definition) is 1. The first-order valence-corrected chi connectivity index (χ1v) is 4.96. The van der Waals surface area contributed by atoms with Crippen LogP contribution in [-0.2, 0) is 23.5 Å². The second-order valence-corrected chi connectivity index (χ2v) is 3.57. The van der Waals surface area contributed by atoms with Crippen molar-refractivity contribution in [2.45, 2.75) is 18.9 Å². The molecule has 1 unspecified atom stereocenters. The minimum Gasteiger partial charge on any atom is -0.748 e. The maximum Gasteiger partial charge on any atom is 0.0327 e. The van der Waals surface area contributed by atoms with Gasteiger partial charge in [-0.25, -0.2) is 18.6 Å². The van der Waals surface area contributed by atoms with E-state index in [1.807, 2.05) is 36.4 Å². The van der Waals surface area contributed by atoms with E-state index < -0.39 is 0 Å². The quantitative estimate of drug-likeness (QED) is 0.645. The normalized spacial score (nSPS) is 12.1. The molecular weight excluding hydrogens is 228 g/mol. The van der Waals surface area contributed by atoms with E-state index in [1.54, 1.807) is 0 Å². The fourth-order valence-electron chi connectivity index (χ4n) is 1.66. The van der Waals surface area contributed by atoms with Crippen LogP contribution in [-0.4, -0.2) is 5.11 Å². The summed E-state index contributed by atoms with van der Waals surface area (Å²) in [5.41, 5.74) is 2.33. The van der Waals surface area contributed by atoms with Crippen LogP contribution in [0.25, 0.3) is 0 Å². The Morgan fingerprint density at radius 1 is 1.13 bits per heavy atom. The van der Waals surface area contributed by atoms with Gasteiger partial charge in [0.2, 0.25) is 0 Å². The Bertz CT molecular complexity index is 348. The van der Waals surface area contributed by atoms with Gasteiger partial charge in [0.15, 0.2) is 0 Å². The fourth-order valence-corrected chi connectivity index (χ4v) is 1.66. The zero-order valence-corrected chi connectivity index (χ0v) is 9.52. The van der Waals surface area contributed by atoms with Crippen LogP contribution < -0.4 is 0 Å². The summed E-state index contributed by atoms with van der Waals surface area (Å²) in [6.45, 7) is 0. The maximum absolute atomic E-state index is 9.81. The maximum atomic E-state index is 9.81. The first-order valence-electron chi connectivity index (χ1n) is 4.96. The first-order chi connectivity index (χ1) is 6.86. The SMILES string of the molecule is OC(CC[c-]1[cH-][cH-][cH-][cH-]1)[c-]1cccc1.[Fe]. The average molecular weight is 242 g/mol. The summed E-state index contributed by atoms with van der Waals surface area (Å²) in [4.78, 5) is 0. The van der Waals surface area contributed by atoms with Crippen molar-refractivity contribution in [2.75, 3.05) is 0 Å². The predicted molar refractivity (Wildman–Crippen MR) is 57.4 cm³/mol. The summed E-state index contributed by atoms with van der Waals surface area (Å²) in [6.07, 6.45) is 1.42. The van der Waals surface area contributed by atoms with Gasteiger partial charge in [0, 0.05) is 23.2 Å². The van der Waals surface area contributed by atoms with Crippen LogP contribution in [0, 0.1) is 0 Å². The van der Waals surface area contributed by atoms with Crippen molar-refractivity contribution in [3.63, 3.8) is 0 Å². The number of aliphatic hydroxyl groups excluding tert-OH is 1. The topological polar surface area (TPSA) is 20.2 Å². The van der Waals surface area contributed by atoms with E-state index in [0.29, 0.717) is 0 Å². The van der Waals surface area contributed by atoms with Crippen LogP contribution in [0.5, 0.6) is 0 Å². The molecule has 0 aliphatic heterocycles. The molecule has 2 heteroatoms. The van der Waals surface area contributed by atoms with Crippen molar-refractivity contribution in [2.24, 2.45) is 0 Å². The zero-order chi connectivity index (χ0) is 9.80. The van der Waals surface area contributed by atoms with E-state index in [9.17, 15) is 5.11 Å². The summed E-state index contributed by atoms with van der Waals surface area (Å²) in [5, 5.41) is 9.81. The minimum atomic E-state index is -0.320. The molecule has 1 N–H and O–H groups in total. The van der Waals surface area contributed by atoms with Gasteiger partial charge in [-0.15, -0.1) is 5.56 Å². The van der Waals surface area contributed by atoms with Gasteiger partial charge in [0.1, 0.15) is 0 Å². The average Bonchev–Trinajstić information content (AvgIpc) is 2.87. The molecule has 0 heterocycles. The number of aliphatic hydroxyl groups is 1. The van der Waals surface area contributed by atoms with Crippen molar-refractivity contribution in [1.82, 2.24) is 0 Å². The molecule has 0 saturated carbocycles. The largest absolute Gasteiger partial charge is 0.748 e. The number of aryl methyl sites for hydroxylation is 1. The van der Waals surface area contributed by atoms with Gasteiger partial charge in [0.05, 0.1) is 0 Å². The van der Waals surface area contributed by atoms with Crippen LogP contribution in [0.2, 0.25) is 0 Å². The van der Waals surface area contributed by atoms with E-state index in [2.05, 4.69) is 12.1 Å². The van der Waals surface area contributed by atoms with Crippen LogP contribution in [0.3, 0.4) is 0 Å². The Balaban J connectivity index is 0.00000112. The summed E-state index contributed by atoms with van der Waals surface area (Å²) in [6, 6.07) is 16.1. The van der Waals surface area contributed by atoms with Gasteiger partial charge >= 0.3 is 0 Å². The standard InChI is InChI=1S/C13H14O.Fe/c14-13(12-7-3-4-8-12)10-9-11-5-1-2-6-11;/h1-8,13-14H,9-10H2;/q-6;. The Hall–Kier alpha value is -0.821. The number of rotatable bonds is 4. The zero-order valence-electron chi connectivity index (χ0n) is 8.41. The molecule has 1 atom stereocenters. The molecule has 0 aliphatic carbocycles. The number of hydrogen-bond acceptors (Lipinski definition) is 1. The van der Waals surface area contributed by atoms with E-state index >= 15 is 0 Å². The third-order valence-corrected chi connectivity index (χ3v) is 2.51. The van der Waals surface area contributed by atoms with Crippen molar-refractivity contribution in [3.8, 4) is 0 Å². The molecule has 2 rings (SSSR count). The van der Waals surface area contributed by atoms with Crippen molar-refractivity contribution in [1.29, 1.82) is 0 Å². The molecule has 15 heavy (non-hydrogen) atoms. The van der Waals surface area contributed by atoms with Crippen molar-refractivity contribution < 1.29 is 22.2 Å². The molecule has 0 aliphatic rings. The molecule has 2 aromatic rings. The Kier molecular flexibility index (Phi) is 4.83. The van der Waals surface area contributed by atoms with Crippen LogP contribution in [0.4, 0.5) is 0 Å². The van der Waals surface area contributed by atoms with E-state index in [1.165, 1.54) is 5.56 Å². The molecule has 0 saturated heterocycles. The molecule has 1 nitrogen and oxygen atoms in total. The summed E-state index contributed by atoms with van der Waals surface area (Å²) >= 11 is 0. The Morgan fingerprint density at radius 2 is 1.73 bits per heavy atom. The molecule has 86 valence electrons. The summed E-state index contributed by atoms with van der Waals surface area (Å²) in [7, 11) is 0. The van der Waals surface area contributed by atoms with E-state index in [4.69, 9.17) is 0 Å². The van der Waals surface area contributed by atoms with E-state index in [0.717, 1.165) is 18.4 Å². The van der Waals surface area contributed by atoms with Gasteiger partial charge in [-0.3, -0.25) is 0 Å².